The summed E-state index contributed by atoms with van der Waals surface area (Å²) in [5.74, 6) is 0. The minimum Gasteiger partial charge on any atom is -0.456 e. The van der Waals surface area contributed by atoms with E-state index < -0.39 is 0 Å². The van der Waals surface area contributed by atoms with Crippen molar-refractivity contribution in [3.63, 3.8) is 0 Å². The molecule has 3 aromatic heterocycles. The average Bonchev–Trinajstić information content (AvgIpc) is 3.93. The minimum atomic E-state index is 0.879. The monoisotopic (exact) mass is 732 g/mol. The van der Waals surface area contributed by atoms with E-state index in [-0.39, 0.29) is 0 Å². The Kier molecular flexibility index (Phi) is 6.80. The van der Waals surface area contributed by atoms with Crippen molar-refractivity contribution >= 4 is 103 Å². The number of nitrogens with zero attached hydrogens (tertiary/aromatic N) is 2. The highest BCUT2D eigenvalue weighted by molar-refractivity contribution is 7.25. The molecule has 0 amide bonds. The molecule has 0 aliphatic rings. The van der Waals surface area contributed by atoms with Gasteiger partial charge in [0.05, 0.1) is 22.1 Å². The number of hydrogen-bond acceptors (Lipinski definition) is 3. The van der Waals surface area contributed by atoms with Gasteiger partial charge in [0.15, 0.2) is 0 Å². The predicted octanol–water partition coefficient (Wildman–Crippen LogP) is 15.3. The maximum Gasteiger partial charge on any atom is 0.137 e. The van der Waals surface area contributed by atoms with Gasteiger partial charge in [0, 0.05) is 53.4 Å². The Bertz CT molecular complexity index is 3500. The Morgan fingerprint density at radius 2 is 1.11 bits per heavy atom. The Labute approximate surface area is 326 Å². The third kappa shape index (κ3) is 4.76. The number of furan rings is 1. The quantitative estimate of drug-likeness (QED) is 0.176. The predicted molar refractivity (Wildman–Crippen MR) is 239 cm³/mol. The second kappa shape index (κ2) is 12.2. The summed E-state index contributed by atoms with van der Waals surface area (Å²) in [4.78, 5) is 2.39. The van der Waals surface area contributed by atoms with Crippen LogP contribution in [0.1, 0.15) is 0 Å². The third-order valence-electron chi connectivity index (χ3n) is 11.4. The first-order valence-corrected chi connectivity index (χ1v) is 19.8. The van der Waals surface area contributed by atoms with E-state index in [1.54, 1.807) is 0 Å². The summed E-state index contributed by atoms with van der Waals surface area (Å²) in [6.07, 6.45) is 0. The largest absolute Gasteiger partial charge is 0.456 e. The van der Waals surface area contributed by atoms with E-state index in [0.29, 0.717) is 0 Å². The maximum absolute atomic E-state index is 6.39. The summed E-state index contributed by atoms with van der Waals surface area (Å²) in [7, 11) is 0. The lowest BCUT2D eigenvalue weighted by Gasteiger charge is -2.26. The van der Waals surface area contributed by atoms with Gasteiger partial charge in [-0.2, -0.15) is 0 Å². The van der Waals surface area contributed by atoms with Gasteiger partial charge in [-0.05, 0) is 101 Å². The van der Waals surface area contributed by atoms with Crippen LogP contribution in [0.5, 0.6) is 0 Å². The standard InChI is InChI=1S/C52H32N2OS/c1-2-11-35-30-38(26-22-33(35)10-1)54-45-15-6-3-12-40(45)44-31-36(23-29-46(44)54)34-20-24-37(25-21-34)53(39-27-28-42-41-13-5-8-19-50(41)56-51(42)32-39)47-16-9-18-49-52(47)43-14-4-7-17-48(43)55-49/h1-32H. The number of rotatable bonds is 5. The molecule has 3 nitrogen and oxygen atoms in total. The van der Waals surface area contributed by atoms with Crippen LogP contribution in [-0.4, -0.2) is 4.57 Å². The molecule has 0 atom stereocenters. The van der Waals surface area contributed by atoms with Crippen molar-refractivity contribution in [2.45, 2.75) is 0 Å². The van der Waals surface area contributed by atoms with Crippen molar-refractivity contribution in [2.75, 3.05) is 4.90 Å². The highest BCUT2D eigenvalue weighted by atomic mass is 32.1. The minimum absolute atomic E-state index is 0.879. The molecule has 0 unspecified atom stereocenters. The summed E-state index contributed by atoms with van der Waals surface area (Å²) in [5.41, 5.74) is 11.0. The Balaban J connectivity index is 1.00. The van der Waals surface area contributed by atoms with Gasteiger partial charge in [0.2, 0.25) is 0 Å². The molecule has 0 aliphatic heterocycles. The number of thiophene rings is 1. The molecule has 9 aromatic carbocycles. The van der Waals surface area contributed by atoms with Crippen LogP contribution in [0.15, 0.2) is 199 Å². The lowest BCUT2D eigenvalue weighted by molar-refractivity contribution is 0.669. The van der Waals surface area contributed by atoms with Crippen LogP contribution >= 0.6 is 11.3 Å². The van der Waals surface area contributed by atoms with Crippen molar-refractivity contribution in [1.29, 1.82) is 0 Å². The van der Waals surface area contributed by atoms with Gasteiger partial charge < -0.3 is 13.9 Å². The topological polar surface area (TPSA) is 21.3 Å². The van der Waals surface area contributed by atoms with Crippen LogP contribution in [0.25, 0.3) is 91.5 Å². The van der Waals surface area contributed by atoms with E-state index in [2.05, 4.69) is 198 Å². The molecule has 0 aliphatic carbocycles. The molecular weight excluding hydrogens is 701 g/mol. The zero-order valence-electron chi connectivity index (χ0n) is 30.2. The van der Waals surface area contributed by atoms with Gasteiger partial charge in [-0.3, -0.25) is 0 Å². The fraction of sp³-hybridized carbons (Fsp3) is 0. The van der Waals surface area contributed by atoms with Gasteiger partial charge in [0.25, 0.3) is 0 Å². The molecule has 0 radical (unpaired) electrons. The van der Waals surface area contributed by atoms with Gasteiger partial charge in [-0.15, -0.1) is 11.3 Å². The molecule has 0 saturated carbocycles. The zero-order valence-corrected chi connectivity index (χ0v) is 31.0. The number of para-hydroxylation sites is 2. The molecule has 4 heteroatoms. The zero-order chi connectivity index (χ0) is 36.7. The van der Waals surface area contributed by atoms with Crippen LogP contribution in [0, 0.1) is 0 Å². The van der Waals surface area contributed by atoms with Crippen LogP contribution in [-0.2, 0) is 0 Å². The van der Waals surface area contributed by atoms with Crippen LogP contribution in [0.3, 0.4) is 0 Å². The van der Waals surface area contributed by atoms with E-state index >= 15 is 0 Å². The average molecular weight is 733 g/mol. The number of benzene rings is 9. The van der Waals surface area contributed by atoms with E-state index in [1.165, 1.54) is 69.6 Å². The van der Waals surface area contributed by atoms with Gasteiger partial charge in [-0.1, -0.05) is 115 Å². The lowest BCUT2D eigenvalue weighted by Crippen LogP contribution is -2.10. The van der Waals surface area contributed by atoms with E-state index in [4.69, 9.17) is 4.42 Å². The Morgan fingerprint density at radius 1 is 0.411 bits per heavy atom. The van der Waals surface area contributed by atoms with E-state index in [0.717, 1.165) is 39.0 Å². The first-order chi connectivity index (χ1) is 27.7. The van der Waals surface area contributed by atoms with E-state index in [9.17, 15) is 0 Å². The van der Waals surface area contributed by atoms with Crippen molar-refractivity contribution < 1.29 is 4.42 Å². The summed E-state index contributed by atoms with van der Waals surface area (Å²) in [5, 5.41) is 9.78. The molecule has 0 fully saturated rings. The molecule has 0 saturated heterocycles. The first kappa shape index (κ1) is 31.2. The van der Waals surface area contributed by atoms with Gasteiger partial charge in [0.1, 0.15) is 11.2 Å². The maximum atomic E-state index is 6.39. The van der Waals surface area contributed by atoms with Crippen molar-refractivity contribution in [3.05, 3.63) is 194 Å². The van der Waals surface area contributed by atoms with E-state index in [1.807, 2.05) is 17.4 Å². The normalized spacial score (nSPS) is 11.9. The molecule has 12 aromatic rings. The molecule has 12 rings (SSSR count). The highest BCUT2D eigenvalue weighted by Crippen LogP contribution is 2.45. The molecule has 0 N–H and O–H groups in total. The van der Waals surface area contributed by atoms with Crippen LogP contribution in [0.2, 0.25) is 0 Å². The molecular formula is C52H32N2OS. The van der Waals surface area contributed by atoms with Crippen LogP contribution < -0.4 is 4.90 Å². The van der Waals surface area contributed by atoms with Crippen LogP contribution in [0.4, 0.5) is 17.1 Å². The lowest BCUT2D eigenvalue weighted by atomic mass is 10.0. The smallest absolute Gasteiger partial charge is 0.137 e. The summed E-state index contributed by atoms with van der Waals surface area (Å²) in [6, 6.07) is 70.3. The summed E-state index contributed by atoms with van der Waals surface area (Å²) < 4.78 is 11.4. The highest BCUT2D eigenvalue weighted by Gasteiger charge is 2.21. The SMILES string of the molecule is c1ccc2cc(-n3c4ccccc4c4cc(-c5ccc(N(c6ccc7c(c6)sc6ccccc67)c6cccc7oc8ccccc8c67)cc5)ccc43)ccc2c1. The second-order valence-corrected chi connectivity index (χ2v) is 15.6. The Morgan fingerprint density at radius 3 is 2.02 bits per heavy atom. The van der Waals surface area contributed by atoms with Crippen molar-refractivity contribution in [3.8, 4) is 16.8 Å². The third-order valence-corrected chi connectivity index (χ3v) is 12.5. The van der Waals surface area contributed by atoms with Crippen molar-refractivity contribution in [1.82, 2.24) is 4.57 Å². The molecule has 3 heterocycles. The fourth-order valence-electron chi connectivity index (χ4n) is 8.77. The first-order valence-electron chi connectivity index (χ1n) is 19.0. The molecule has 56 heavy (non-hydrogen) atoms. The Hall–Kier alpha value is -7.14. The number of anilines is 3. The molecule has 262 valence electrons. The van der Waals surface area contributed by atoms with Crippen molar-refractivity contribution in [2.24, 2.45) is 0 Å². The molecule has 0 bridgehead atoms. The number of aromatic nitrogens is 1. The summed E-state index contributed by atoms with van der Waals surface area (Å²) in [6.45, 7) is 0. The second-order valence-electron chi connectivity index (χ2n) is 14.5. The molecule has 0 spiro atoms. The number of hydrogen-bond donors (Lipinski definition) is 0. The number of fused-ring (bicyclic) bond motifs is 10. The van der Waals surface area contributed by atoms with Gasteiger partial charge in [-0.25, -0.2) is 0 Å². The fourth-order valence-corrected chi connectivity index (χ4v) is 9.91. The van der Waals surface area contributed by atoms with Gasteiger partial charge >= 0.3 is 0 Å². The summed E-state index contributed by atoms with van der Waals surface area (Å²) >= 11 is 1.85.